The topological polar surface area (TPSA) is 130 Å². The van der Waals surface area contributed by atoms with Gasteiger partial charge in [0.2, 0.25) is 0 Å². The average Bonchev–Trinajstić information content (AvgIpc) is 3.42. The van der Waals surface area contributed by atoms with Crippen LogP contribution < -0.4 is 47.4 Å². The van der Waals surface area contributed by atoms with E-state index in [9.17, 15) is 9.90 Å². The van der Waals surface area contributed by atoms with Gasteiger partial charge < -0.3 is 52.5 Å². The van der Waals surface area contributed by atoms with E-state index in [-0.39, 0.29) is 0 Å². The van der Waals surface area contributed by atoms with Gasteiger partial charge in [0.05, 0.1) is 59.5 Å². The molecule has 0 aromatic heterocycles. The second-order valence-corrected chi connectivity index (χ2v) is 19.5. The van der Waals surface area contributed by atoms with Crippen molar-refractivity contribution in [1.29, 1.82) is 0 Å². The van der Waals surface area contributed by atoms with Gasteiger partial charge in [0.25, 0.3) is 0 Å². The molecular formula is C64H86O12. The van der Waals surface area contributed by atoms with E-state index in [1.165, 1.54) is 0 Å². The van der Waals surface area contributed by atoms with Crippen LogP contribution in [0, 0.1) is 0 Å². The Labute approximate surface area is 453 Å². The lowest BCUT2D eigenvalue weighted by molar-refractivity contribution is -0.139. The van der Waals surface area contributed by atoms with Crippen LogP contribution in [0.1, 0.15) is 176 Å². The van der Waals surface area contributed by atoms with Crippen molar-refractivity contribution in [3.05, 3.63) is 116 Å². The summed E-state index contributed by atoms with van der Waals surface area (Å²) < 4.78 is 66.2. The SMILES string of the molecule is CCCOc1cc2c(OCCC)cc1Cc1cc(OCCC)c(cc1OCCC)Cc1cc(OCCC)c(cc1OCCC)Cc1cc(OCCC)c(cc1OCC(=O)O)Cc1cc(OCCC)c(cc1OCCC)C2. The Hall–Kier alpha value is -6.43. The predicted molar refractivity (Wildman–Crippen MR) is 301 cm³/mol. The molecule has 0 atom stereocenters. The molecule has 15 rings (SSSR count). The minimum absolute atomic E-state index is 0.344. The lowest BCUT2D eigenvalue weighted by Gasteiger charge is -2.22. The molecule has 414 valence electrons. The maximum Gasteiger partial charge on any atom is 0.341 e. The Morgan fingerprint density at radius 2 is 0.408 bits per heavy atom. The molecule has 76 heavy (non-hydrogen) atoms. The molecule has 1 N–H and O–H groups in total. The molecule has 0 spiro atoms. The molecule has 12 nitrogen and oxygen atoms in total. The Morgan fingerprint density at radius 1 is 0.276 bits per heavy atom. The van der Waals surface area contributed by atoms with E-state index in [1.54, 1.807) is 0 Å². The molecule has 0 heterocycles. The van der Waals surface area contributed by atoms with Crippen molar-refractivity contribution < 1.29 is 57.3 Å². The number of hydrogen-bond acceptors (Lipinski definition) is 11. The molecule has 5 aromatic rings. The Morgan fingerprint density at radius 3 is 0.526 bits per heavy atom. The summed E-state index contributed by atoms with van der Waals surface area (Å²) in [5.74, 6) is 6.02. The Bertz CT molecular complexity index is 2610. The van der Waals surface area contributed by atoms with E-state index in [2.05, 4.69) is 111 Å². The average molecular weight is 1050 g/mol. The van der Waals surface area contributed by atoms with Crippen LogP contribution >= 0.6 is 0 Å². The van der Waals surface area contributed by atoms with Crippen LogP contribution in [0.5, 0.6) is 57.5 Å². The largest absolute Gasteiger partial charge is 0.493 e. The smallest absolute Gasteiger partial charge is 0.341 e. The highest BCUT2D eigenvalue weighted by molar-refractivity contribution is 5.69. The van der Waals surface area contributed by atoms with Crippen LogP contribution in [0.15, 0.2) is 60.7 Å². The first-order valence-electron chi connectivity index (χ1n) is 28.4. The quantitative estimate of drug-likeness (QED) is 0.0461. The summed E-state index contributed by atoms with van der Waals surface area (Å²) in [6.07, 6.45) is 9.54. The number of rotatable bonds is 30. The van der Waals surface area contributed by atoms with Crippen molar-refractivity contribution >= 4 is 5.97 Å². The van der Waals surface area contributed by atoms with Crippen LogP contribution in [0.3, 0.4) is 0 Å². The van der Waals surface area contributed by atoms with Crippen LogP contribution in [0.25, 0.3) is 0 Å². The molecule has 10 bridgehead atoms. The molecule has 0 unspecified atom stereocenters. The van der Waals surface area contributed by atoms with Crippen LogP contribution in [-0.4, -0.2) is 77.1 Å². The zero-order valence-electron chi connectivity index (χ0n) is 47.2. The molecule has 10 aliphatic carbocycles. The first-order chi connectivity index (χ1) is 37.1. The van der Waals surface area contributed by atoms with Gasteiger partial charge in [0.1, 0.15) is 57.5 Å². The van der Waals surface area contributed by atoms with Crippen molar-refractivity contribution in [2.45, 2.75) is 152 Å². The second-order valence-electron chi connectivity index (χ2n) is 19.5. The molecule has 5 aromatic carbocycles. The first kappa shape index (κ1) is 58.8. The van der Waals surface area contributed by atoms with Gasteiger partial charge >= 0.3 is 5.97 Å². The van der Waals surface area contributed by atoms with Gasteiger partial charge in [-0.25, -0.2) is 4.79 Å². The van der Waals surface area contributed by atoms with E-state index < -0.39 is 12.6 Å². The van der Waals surface area contributed by atoms with Gasteiger partial charge in [-0.2, -0.15) is 0 Å². The fourth-order valence-electron chi connectivity index (χ4n) is 9.02. The molecule has 12 heteroatoms. The molecule has 0 saturated heterocycles. The fourth-order valence-corrected chi connectivity index (χ4v) is 9.02. The number of hydrogen-bond donors (Lipinski definition) is 1. The van der Waals surface area contributed by atoms with Gasteiger partial charge in [-0.1, -0.05) is 62.3 Å². The summed E-state index contributed by atoms with van der Waals surface area (Å²) in [5, 5.41) is 10.0. The maximum atomic E-state index is 12.2. The zero-order valence-corrected chi connectivity index (χ0v) is 47.2. The summed E-state index contributed by atoms with van der Waals surface area (Å²) in [7, 11) is 0. The van der Waals surface area contributed by atoms with Crippen LogP contribution in [0.4, 0.5) is 0 Å². The minimum atomic E-state index is -1.08. The summed E-state index contributed by atoms with van der Waals surface area (Å²) in [6, 6.07) is 20.9. The van der Waals surface area contributed by atoms with Crippen LogP contribution in [-0.2, 0) is 36.9 Å². The van der Waals surface area contributed by atoms with Crippen molar-refractivity contribution in [2.75, 3.05) is 66.1 Å². The van der Waals surface area contributed by atoms with Crippen molar-refractivity contribution in [1.82, 2.24) is 0 Å². The molecule has 0 amide bonds. The Kier molecular flexibility index (Phi) is 24.0. The van der Waals surface area contributed by atoms with Gasteiger partial charge in [-0.05, 0) is 118 Å². The summed E-state index contributed by atoms with van der Waals surface area (Å²) in [4.78, 5) is 12.2. The normalized spacial score (nSPS) is 12.1. The van der Waals surface area contributed by atoms with E-state index in [0.29, 0.717) is 109 Å². The number of aliphatic carboxylic acids is 1. The van der Waals surface area contributed by atoms with Gasteiger partial charge in [0.15, 0.2) is 6.61 Å². The predicted octanol–water partition coefficient (Wildman–Crippen LogP) is 14.5. The zero-order chi connectivity index (χ0) is 54.2. The van der Waals surface area contributed by atoms with Gasteiger partial charge in [-0.15, -0.1) is 0 Å². The van der Waals surface area contributed by atoms with Gasteiger partial charge in [0, 0.05) is 87.7 Å². The number of carbonyl (C=O) groups is 1. The van der Waals surface area contributed by atoms with E-state index in [4.69, 9.17) is 47.4 Å². The molecule has 0 aliphatic heterocycles. The summed E-state index contributed by atoms with van der Waals surface area (Å²) >= 11 is 0. The first-order valence-corrected chi connectivity index (χ1v) is 28.4. The highest BCUT2D eigenvalue weighted by Gasteiger charge is 2.25. The molecular weight excluding hydrogens is 961 g/mol. The monoisotopic (exact) mass is 1050 g/mol. The van der Waals surface area contributed by atoms with Crippen molar-refractivity contribution in [3.8, 4) is 57.5 Å². The van der Waals surface area contributed by atoms with Crippen molar-refractivity contribution in [3.63, 3.8) is 0 Å². The third-order valence-corrected chi connectivity index (χ3v) is 12.6. The lowest BCUT2D eigenvalue weighted by atomic mass is 9.94. The van der Waals surface area contributed by atoms with E-state index >= 15 is 0 Å². The van der Waals surface area contributed by atoms with Crippen LogP contribution in [0.2, 0.25) is 0 Å². The number of carboxylic acids is 1. The molecule has 0 radical (unpaired) electrons. The molecule has 0 saturated carbocycles. The lowest BCUT2D eigenvalue weighted by Crippen LogP contribution is -2.12. The highest BCUT2D eigenvalue weighted by Crippen LogP contribution is 2.43. The third kappa shape index (κ3) is 16.5. The highest BCUT2D eigenvalue weighted by atomic mass is 16.5. The van der Waals surface area contributed by atoms with E-state index in [1.807, 2.05) is 12.1 Å². The number of carboxylic acid groups (broad SMARTS) is 1. The third-order valence-electron chi connectivity index (χ3n) is 12.6. The maximum absolute atomic E-state index is 12.2. The Balaban J connectivity index is 1.73. The standard InChI is InChI=1S/C64H86O12/c1-10-19-67-54-35-46-29-48-37-59(72-24-15-6)50(39-58(48)71-23-14-5)31-52-42-63(76-43-64(65)66)53(41-62(52)75-27-18-9)32-51-40-60(73-25-16-7)49(38-61(51)74-26-17-8)30-47-36-56(69-21-12-3)45(34-57(47)70-22-13-4)28-44(54)33-55(46)68-20-11-2/h33-42H,10-32,43H2,1-9H3,(H,65,66). The van der Waals surface area contributed by atoms with Gasteiger partial charge in [-0.3, -0.25) is 0 Å². The minimum Gasteiger partial charge on any atom is -0.493 e. The summed E-state index contributed by atoms with van der Waals surface area (Å²) in [5.41, 5.74) is 9.11. The fraction of sp³-hybridized carbons (Fsp3) is 0.516. The van der Waals surface area contributed by atoms with Crippen molar-refractivity contribution in [2.24, 2.45) is 0 Å². The second kappa shape index (κ2) is 31.0. The molecule has 10 aliphatic rings. The number of benzene rings is 5. The van der Waals surface area contributed by atoms with E-state index in [0.717, 1.165) is 154 Å². The number of ether oxygens (including phenoxy) is 10. The molecule has 0 fully saturated rings. The summed E-state index contributed by atoms with van der Waals surface area (Å²) in [6.45, 7) is 23.0.